The highest BCUT2D eigenvalue weighted by molar-refractivity contribution is 7.17. The summed E-state index contributed by atoms with van der Waals surface area (Å²) in [5.74, 6) is 0.350. The SMILES string of the molecule is CC(C)c1ccc(/C=C/C(=O)Nc2sc3c(c2C(N)=O)CC[C@@H](C)C3)cc1. The molecule has 5 heteroatoms. The predicted molar refractivity (Wildman–Crippen MR) is 112 cm³/mol. The Labute approximate surface area is 164 Å². The highest BCUT2D eigenvalue weighted by Gasteiger charge is 2.26. The summed E-state index contributed by atoms with van der Waals surface area (Å²) in [6, 6.07) is 8.14. The monoisotopic (exact) mass is 382 g/mol. The molecule has 0 bridgehead atoms. The summed E-state index contributed by atoms with van der Waals surface area (Å²) >= 11 is 1.48. The molecule has 2 aromatic rings. The van der Waals surface area contributed by atoms with Gasteiger partial charge in [0.05, 0.1) is 5.56 Å². The maximum atomic E-state index is 12.4. The molecule has 142 valence electrons. The van der Waals surface area contributed by atoms with Crippen LogP contribution in [0.25, 0.3) is 6.08 Å². The zero-order valence-corrected chi connectivity index (χ0v) is 16.9. The summed E-state index contributed by atoms with van der Waals surface area (Å²) in [7, 11) is 0. The van der Waals surface area contributed by atoms with Crippen LogP contribution in [-0.2, 0) is 17.6 Å². The van der Waals surface area contributed by atoms with Gasteiger partial charge in [-0.15, -0.1) is 11.3 Å². The Bertz CT molecular complexity index is 878. The quantitative estimate of drug-likeness (QED) is 0.733. The van der Waals surface area contributed by atoms with Gasteiger partial charge in [-0.25, -0.2) is 0 Å². The van der Waals surface area contributed by atoms with Gasteiger partial charge in [-0.05, 0) is 53.9 Å². The summed E-state index contributed by atoms with van der Waals surface area (Å²) in [5.41, 5.74) is 9.34. The third kappa shape index (κ3) is 4.48. The molecule has 0 unspecified atom stereocenters. The number of rotatable bonds is 5. The Kier molecular flexibility index (Phi) is 5.80. The number of hydrogen-bond donors (Lipinski definition) is 2. The number of amides is 2. The van der Waals surface area contributed by atoms with Gasteiger partial charge in [-0.3, -0.25) is 9.59 Å². The van der Waals surface area contributed by atoms with Gasteiger partial charge in [-0.1, -0.05) is 45.0 Å². The molecule has 0 saturated heterocycles. The molecule has 1 heterocycles. The van der Waals surface area contributed by atoms with Gasteiger partial charge in [0.25, 0.3) is 5.91 Å². The summed E-state index contributed by atoms with van der Waals surface area (Å²) in [4.78, 5) is 25.5. The van der Waals surface area contributed by atoms with Crippen molar-refractivity contribution in [2.24, 2.45) is 11.7 Å². The number of fused-ring (bicyclic) bond motifs is 1. The highest BCUT2D eigenvalue weighted by atomic mass is 32.1. The molecule has 0 spiro atoms. The average Bonchev–Trinajstić information content (AvgIpc) is 2.97. The second kappa shape index (κ2) is 8.09. The fourth-order valence-electron chi connectivity index (χ4n) is 3.42. The molecule has 1 aromatic heterocycles. The Morgan fingerprint density at radius 2 is 1.96 bits per heavy atom. The molecular weight excluding hydrogens is 356 g/mol. The van der Waals surface area contributed by atoms with Gasteiger partial charge < -0.3 is 11.1 Å². The Balaban J connectivity index is 1.75. The first-order chi connectivity index (χ1) is 12.8. The van der Waals surface area contributed by atoms with Crippen LogP contribution in [0.5, 0.6) is 0 Å². The van der Waals surface area contributed by atoms with Crippen LogP contribution in [0, 0.1) is 5.92 Å². The summed E-state index contributed by atoms with van der Waals surface area (Å²) < 4.78 is 0. The van der Waals surface area contributed by atoms with Gasteiger partial charge in [-0.2, -0.15) is 0 Å². The third-order valence-electron chi connectivity index (χ3n) is 5.03. The lowest BCUT2D eigenvalue weighted by molar-refractivity contribution is -0.111. The number of nitrogens with two attached hydrogens (primary N) is 1. The third-order valence-corrected chi connectivity index (χ3v) is 6.19. The van der Waals surface area contributed by atoms with Crippen molar-refractivity contribution in [3.8, 4) is 0 Å². The highest BCUT2D eigenvalue weighted by Crippen LogP contribution is 2.39. The fraction of sp³-hybridized carbons (Fsp3) is 0.364. The van der Waals surface area contributed by atoms with Crippen LogP contribution >= 0.6 is 11.3 Å². The van der Waals surface area contributed by atoms with Gasteiger partial charge in [0.1, 0.15) is 5.00 Å². The Hall–Kier alpha value is -2.40. The standard InChI is InChI=1S/C22H26N2O2S/c1-13(2)16-8-5-15(6-9-16)7-11-19(25)24-22-20(21(23)26)17-10-4-14(3)12-18(17)27-22/h5-9,11,13-14H,4,10,12H2,1-3H3,(H2,23,26)(H,24,25)/b11-7+/t14-/m1/s1. The van der Waals surface area contributed by atoms with Gasteiger partial charge in [0.2, 0.25) is 5.91 Å². The molecule has 2 amide bonds. The lowest BCUT2D eigenvalue weighted by atomic mass is 9.88. The number of hydrogen-bond acceptors (Lipinski definition) is 3. The van der Waals surface area contributed by atoms with E-state index >= 15 is 0 Å². The maximum absolute atomic E-state index is 12.4. The van der Waals surface area contributed by atoms with Crippen LogP contribution in [0.2, 0.25) is 0 Å². The molecule has 1 aromatic carbocycles. The molecule has 3 rings (SSSR count). The average molecular weight is 383 g/mol. The van der Waals surface area contributed by atoms with Crippen LogP contribution in [0.15, 0.2) is 30.3 Å². The van der Waals surface area contributed by atoms with Crippen LogP contribution in [0.1, 0.15) is 65.0 Å². The summed E-state index contributed by atoms with van der Waals surface area (Å²) in [6.45, 7) is 6.50. The number of carbonyl (C=O) groups is 2. The number of benzene rings is 1. The van der Waals surface area contributed by atoms with Gasteiger partial charge in [0.15, 0.2) is 0 Å². The first-order valence-electron chi connectivity index (χ1n) is 9.38. The molecule has 1 aliphatic rings. The van der Waals surface area contributed by atoms with E-state index in [0.29, 0.717) is 22.4 Å². The zero-order valence-electron chi connectivity index (χ0n) is 16.0. The van der Waals surface area contributed by atoms with Crippen molar-refractivity contribution in [3.05, 3.63) is 57.5 Å². The van der Waals surface area contributed by atoms with Crippen molar-refractivity contribution in [3.63, 3.8) is 0 Å². The molecule has 0 fully saturated rings. The number of nitrogens with one attached hydrogen (secondary N) is 1. The fourth-order valence-corrected chi connectivity index (χ4v) is 4.84. The molecule has 3 N–H and O–H groups in total. The number of primary amides is 1. The molecule has 1 aliphatic carbocycles. The van der Waals surface area contributed by atoms with Crippen molar-refractivity contribution in [1.82, 2.24) is 0 Å². The van der Waals surface area contributed by atoms with E-state index in [9.17, 15) is 9.59 Å². The Morgan fingerprint density at radius 1 is 1.26 bits per heavy atom. The van der Waals surface area contributed by atoms with E-state index in [0.717, 1.165) is 30.4 Å². The lowest BCUT2D eigenvalue weighted by Gasteiger charge is -2.18. The minimum absolute atomic E-state index is 0.253. The van der Waals surface area contributed by atoms with E-state index < -0.39 is 5.91 Å². The van der Waals surface area contributed by atoms with Crippen molar-refractivity contribution in [2.45, 2.75) is 46.0 Å². The van der Waals surface area contributed by atoms with E-state index in [1.807, 2.05) is 12.1 Å². The normalized spacial score (nSPS) is 16.5. The number of anilines is 1. The van der Waals surface area contributed by atoms with Crippen molar-refractivity contribution >= 4 is 34.2 Å². The van der Waals surface area contributed by atoms with E-state index in [2.05, 4.69) is 38.2 Å². The Morgan fingerprint density at radius 3 is 2.59 bits per heavy atom. The van der Waals surface area contributed by atoms with Crippen LogP contribution in [-0.4, -0.2) is 11.8 Å². The van der Waals surface area contributed by atoms with Crippen molar-refractivity contribution in [2.75, 3.05) is 5.32 Å². The summed E-state index contributed by atoms with van der Waals surface area (Å²) in [6.07, 6.45) is 6.10. The van der Waals surface area contributed by atoms with Crippen LogP contribution in [0.3, 0.4) is 0 Å². The van der Waals surface area contributed by atoms with E-state index in [1.54, 1.807) is 6.08 Å². The van der Waals surface area contributed by atoms with Gasteiger partial charge in [0, 0.05) is 11.0 Å². The minimum Gasteiger partial charge on any atom is -0.365 e. The molecule has 27 heavy (non-hydrogen) atoms. The molecule has 0 saturated carbocycles. The first kappa shape index (κ1) is 19.4. The largest absolute Gasteiger partial charge is 0.365 e. The minimum atomic E-state index is -0.467. The molecule has 0 radical (unpaired) electrons. The number of carbonyl (C=O) groups excluding carboxylic acids is 2. The van der Waals surface area contributed by atoms with E-state index in [4.69, 9.17) is 5.73 Å². The predicted octanol–water partition coefficient (Wildman–Crippen LogP) is 4.75. The molecule has 0 aliphatic heterocycles. The first-order valence-corrected chi connectivity index (χ1v) is 10.2. The van der Waals surface area contributed by atoms with Gasteiger partial charge >= 0.3 is 0 Å². The van der Waals surface area contributed by atoms with E-state index in [1.165, 1.54) is 27.9 Å². The zero-order chi connectivity index (χ0) is 19.6. The number of thiophene rings is 1. The second-order valence-electron chi connectivity index (χ2n) is 7.56. The van der Waals surface area contributed by atoms with Crippen LogP contribution in [0.4, 0.5) is 5.00 Å². The smallest absolute Gasteiger partial charge is 0.251 e. The molecule has 1 atom stereocenters. The second-order valence-corrected chi connectivity index (χ2v) is 8.67. The van der Waals surface area contributed by atoms with Crippen molar-refractivity contribution < 1.29 is 9.59 Å². The van der Waals surface area contributed by atoms with Crippen LogP contribution < -0.4 is 11.1 Å². The lowest BCUT2D eigenvalue weighted by Crippen LogP contribution is -2.18. The molecular formula is C22H26N2O2S. The molecule has 4 nitrogen and oxygen atoms in total. The van der Waals surface area contributed by atoms with E-state index in [-0.39, 0.29) is 5.91 Å². The maximum Gasteiger partial charge on any atom is 0.251 e. The van der Waals surface area contributed by atoms with Crippen molar-refractivity contribution in [1.29, 1.82) is 0 Å². The summed E-state index contributed by atoms with van der Waals surface area (Å²) in [5, 5.41) is 3.43. The topological polar surface area (TPSA) is 72.2 Å².